The summed E-state index contributed by atoms with van der Waals surface area (Å²) < 4.78 is 14.2. The number of benzene rings is 2. The van der Waals surface area contributed by atoms with E-state index in [4.69, 9.17) is 5.26 Å². The second kappa shape index (κ2) is 12.4. The minimum atomic E-state index is -0.652. The number of rotatable bonds is 7. The highest BCUT2D eigenvalue weighted by Crippen LogP contribution is 2.35. The summed E-state index contributed by atoms with van der Waals surface area (Å²) in [6.07, 6.45) is 5.51. The first-order chi connectivity index (χ1) is 14.0. The first-order valence-corrected chi connectivity index (χ1v) is 10.8. The molecule has 0 heterocycles. The summed E-state index contributed by atoms with van der Waals surface area (Å²) in [6.45, 7) is 4.72. The van der Waals surface area contributed by atoms with Gasteiger partial charge in [0.05, 0.1) is 6.07 Å². The van der Waals surface area contributed by atoms with Crippen LogP contribution in [0, 0.1) is 11.3 Å². The normalized spacial score (nSPS) is 19.7. The minimum absolute atomic E-state index is 0.119. The summed E-state index contributed by atoms with van der Waals surface area (Å²) in [7, 11) is 2.20. The molecule has 0 aliphatic heterocycles. The van der Waals surface area contributed by atoms with Gasteiger partial charge in [0.2, 0.25) is 0 Å². The van der Waals surface area contributed by atoms with E-state index in [9.17, 15) is 4.39 Å². The first-order valence-electron chi connectivity index (χ1n) is 10.8. The van der Waals surface area contributed by atoms with E-state index in [-0.39, 0.29) is 5.92 Å². The fourth-order valence-electron chi connectivity index (χ4n) is 4.02. The Bertz CT molecular complexity index is 736. The fourth-order valence-corrected chi connectivity index (χ4v) is 4.02. The molecule has 1 saturated carbocycles. The molecule has 0 amide bonds. The van der Waals surface area contributed by atoms with Gasteiger partial charge in [-0.2, -0.15) is 5.26 Å². The number of nitriles is 1. The van der Waals surface area contributed by atoms with Gasteiger partial charge in [0, 0.05) is 25.4 Å². The van der Waals surface area contributed by atoms with Crippen LogP contribution >= 0.6 is 0 Å². The van der Waals surface area contributed by atoms with Crippen LogP contribution in [0.4, 0.5) is 4.39 Å². The molecule has 1 aliphatic rings. The molecule has 1 aliphatic carbocycles. The van der Waals surface area contributed by atoms with Crippen molar-refractivity contribution >= 4 is 0 Å². The second-order valence-electron chi connectivity index (χ2n) is 8.16. The molecule has 156 valence electrons. The van der Waals surface area contributed by atoms with E-state index in [1.807, 2.05) is 0 Å². The number of hydrogen-bond acceptors (Lipinski definition) is 2. The summed E-state index contributed by atoms with van der Waals surface area (Å²) in [4.78, 5) is 2.42. The third-order valence-electron chi connectivity index (χ3n) is 5.97. The fraction of sp³-hybridized carbons (Fsp3) is 0.500. The molecule has 3 atom stereocenters. The lowest BCUT2D eigenvalue weighted by Gasteiger charge is -2.26. The summed E-state index contributed by atoms with van der Waals surface area (Å²) >= 11 is 0. The maximum atomic E-state index is 14.2. The Morgan fingerprint density at radius 3 is 2.28 bits per heavy atom. The van der Waals surface area contributed by atoms with E-state index in [1.165, 1.54) is 23.6 Å². The van der Waals surface area contributed by atoms with Crippen LogP contribution in [0.25, 0.3) is 0 Å². The zero-order valence-corrected chi connectivity index (χ0v) is 18.2. The van der Waals surface area contributed by atoms with Gasteiger partial charge in [-0.1, -0.05) is 67.4 Å². The Morgan fingerprint density at radius 2 is 1.66 bits per heavy atom. The second-order valence-corrected chi connectivity index (χ2v) is 8.16. The molecule has 2 aromatic carbocycles. The number of aryl methyl sites for hydroxylation is 1. The van der Waals surface area contributed by atoms with Crippen molar-refractivity contribution < 1.29 is 4.39 Å². The van der Waals surface area contributed by atoms with Gasteiger partial charge >= 0.3 is 0 Å². The van der Waals surface area contributed by atoms with Crippen LogP contribution in [0.1, 0.15) is 68.6 Å². The van der Waals surface area contributed by atoms with E-state index in [0.29, 0.717) is 6.04 Å². The molecule has 29 heavy (non-hydrogen) atoms. The van der Waals surface area contributed by atoms with E-state index < -0.39 is 6.17 Å². The van der Waals surface area contributed by atoms with Crippen molar-refractivity contribution in [2.24, 2.45) is 0 Å². The molecular formula is C26H35FN2. The van der Waals surface area contributed by atoms with Gasteiger partial charge in [-0.05, 0) is 56.3 Å². The van der Waals surface area contributed by atoms with Gasteiger partial charge < -0.3 is 0 Å². The van der Waals surface area contributed by atoms with Crippen LogP contribution < -0.4 is 0 Å². The van der Waals surface area contributed by atoms with Gasteiger partial charge in [-0.3, -0.25) is 4.90 Å². The summed E-state index contributed by atoms with van der Waals surface area (Å²) in [5, 5.41) is 7.32. The predicted octanol–water partition coefficient (Wildman–Crippen LogP) is 6.67. The van der Waals surface area contributed by atoms with Gasteiger partial charge in [0.15, 0.2) is 0 Å². The van der Waals surface area contributed by atoms with Gasteiger partial charge in [0.1, 0.15) is 6.17 Å². The maximum Gasteiger partial charge on any atom is 0.107 e. The molecule has 0 aromatic heterocycles. The van der Waals surface area contributed by atoms with E-state index >= 15 is 0 Å². The number of nitrogens with zero attached hydrogens (tertiary/aromatic N) is 2. The molecule has 3 rings (SSSR count). The Morgan fingerprint density at radius 1 is 1.03 bits per heavy atom. The Balaban J connectivity index is 0.000000941. The highest BCUT2D eigenvalue weighted by Gasteiger charge is 2.25. The van der Waals surface area contributed by atoms with Crippen molar-refractivity contribution in [3.05, 3.63) is 71.3 Å². The van der Waals surface area contributed by atoms with Crippen molar-refractivity contribution in [1.29, 1.82) is 5.26 Å². The van der Waals surface area contributed by atoms with Crippen LogP contribution in [0.5, 0.6) is 0 Å². The standard InChI is InChI=1S/C24H32FN.C2H3N/c1-19(26(2)18-21-8-4-3-5-9-21)12-13-20-14-16-22(17-15-20)23-10-6-7-11-24(23)25;1-2-3/h3-5,8-9,14-17,19,23-24H,6-7,10-13,18H2,1-2H3;1H3. The summed E-state index contributed by atoms with van der Waals surface area (Å²) in [5.41, 5.74) is 3.91. The monoisotopic (exact) mass is 394 g/mol. The maximum absolute atomic E-state index is 14.2. The highest BCUT2D eigenvalue weighted by molar-refractivity contribution is 5.27. The van der Waals surface area contributed by atoms with Crippen molar-refractivity contribution in [3.63, 3.8) is 0 Å². The Kier molecular flexibility index (Phi) is 9.88. The van der Waals surface area contributed by atoms with Crippen LogP contribution in [-0.2, 0) is 13.0 Å². The highest BCUT2D eigenvalue weighted by atomic mass is 19.1. The molecule has 0 radical (unpaired) electrons. The summed E-state index contributed by atoms with van der Waals surface area (Å²) in [6, 6.07) is 21.7. The molecule has 2 nitrogen and oxygen atoms in total. The molecule has 0 saturated heterocycles. The van der Waals surface area contributed by atoms with Crippen LogP contribution in [0.3, 0.4) is 0 Å². The van der Waals surface area contributed by atoms with E-state index in [1.54, 1.807) is 6.07 Å². The molecule has 3 unspecified atom stereocenters. The molecule has 0 spiro atoms. The van der Waals surface area contributed by atoms with Crippen LogP contribution in [0.2, 0.25) is 0 Å². The van der Waals surface area contributed by atoms with Crippen molar-refractivity contribution in [2.45, 2.75) is 77.0 Å². The molecule has 0 bridgehead atoms. The summed E-state index contributed by atoms with van der Waals surface area (Å²) in [5.74, 6) is 0.119. The number of alkyl halides is 1. The van der Waals surface area contributed by atoms with Gasteiger partial charge in [0.25, 0.3) is 0 Å². The average molecular weight is 395 g/mol. The van der Waals surface area contributed by atoms with Crippen molar-refractivity contribution in [1.82, 2.24) is 4.90 Å². The molecular weight excluding hydrogens is 359 g/mol. The third kappa shape index (κ3) is 7.63. The van der Waals surface area contributed by atoms with Gasteiger partial charge in [-0.25, -0.2) is 4.39 Å². The zero-order chi connectivity index (χ0) is 21.1. The zero-order valence-electron chi connectivity index (χ0n) is 18.2. The average Bonchev–Trinajstić information content (AvgIpc) is 2.74. The van der Waals surface area contributed by atoms with Crippen LogP contribution in [0.15, 0.2) is 54.6 Å². The lowest BCUT2D eigenvalue weighted by Crippen LogP contribution is -2.29. The van der Waals surface area contributed by atoms with E-state index in [2.05, 4.69) is 73.5 Å². The molecule has 1 fully saturated rings. The first kappa shape index (κ1) is 23.1. The quantitative estimate of drug-likeness (QED) is 0.524. The third-order valence-corrected chi connectivity index (χ3v) is 5.97. The van der Waals surface area contributed by atoms with E-state index in [0.717, 1.165) is 45.1 Å². The smallest absolute Gasteiger partial charge is 0.107 e. The van der Waals surface area contributed by atoms with Crippen LogP contribution in [-0.4, -0.2) is 24.2 Å². The van der Waals surface area contributed by atoms with Crippen molar-refractivity contribution in [3.8, 4) is 6.07 Å². The lowest BCUT2D eigenvalue weighted by molar-refractivity contribution is 0.216. The Labute approximate surface area is 176 Å². The lowest BCUT2D eigenvalue weighted by atomic mass is 9.82. The largest absolute Gasteiger partial charge is 0.299 e. The number of hydrogen-bond donors (Lipinski definition) is 0. The Hall–Kier alpha value is -2.18. The van der Waals surface area contributed by atoms with Crippen molar-refractivity contribution in [2.75, 3.05) is 7.05 Å². The van der Waals surface area contributed by atoms with Gasteiger partial charge in [-0.15, -0.1) is 0 Å². The SMILES string of the molecule is CC#N.CC(CCc1ccc(C2CCCCC2F)cc1)N(C)Cc1ccccc1. The predicted molar refractivity (Wildman–Crippen MR) is 120 cm³/mol. The number of halogens is 1. The molecule has 0 N–H and O–H groups in total. The molecule has 3 heteroatoms. The molecule has 2 aromatic rings. The topological polar surface area (TPSA) is 27.0 Å². The minimum Gasteiger partial charge on any atom is -0.299 e.